The van der Waals surface area contributed by atoms with Crippen LogP contribution in [0.1, 0.15) is 71.1 Å². The van der Waals surface area contributed by atoms with Crippen molar-refractivity contribution in [1.29, 1.82) is 0 Å². The van der Waals surface area contributed by atoms with E-state index in [-0.39, 0.29) is 47.7 Å². The largest absolute Gasteiger partial charge is 1.00 e. The van der Waals surface area contributed by atoms with Crippen molar-refractivity contribution < 1.29 is 59.9 Å². The Labute approximate surface area is 226 Å². The van der Waals surface area contributed by atoms with E-state index >= 15 is 0 Å². The molecule has 0 heterocycles. The van der Waals surface area contributed by atoms with E-state index in [1.165, 1.54) is 50.7 Å². The third-order valence-corrected chi connectivity index (χ3v) is 7.58. The van der Waals surface area contributed by atoms with Crippen molar-refractivity contribution in [2.75, 3.05) is 6.61 Å². The van der Waals surface area contributed by atoms with Crippen LogP contribution >= 0.6 is 0 Å². The topological polar surface area (TPSA) is 110 Å². The molecule has 34 heavy (non-hydrogen) atoms. The summed E-state index contributed by atoms with van der Waals surface area (Å²) in [7, 11) is -9.61. The minimum Gasteiger partial charge on any atom is -0.744 e. The van der Waals surface area contributed by atoms with Crippen LogP contribution in [0.5, 0.6) is 11.5 Å². The Hall–Kier alpha value is -0.940. The average Bonchev–Trinajstić information content (AvgIpc) is 2.77. The number of hydrogen-bond acceptors (Lipinski definition) is 7. The number of para-hydroxylation sites is 1. The molecule has 0 atom stereocenters. The Kier molecular flexibility index (Phi) is 14.6. The fraction of sp³-hybridized carbons (Fsp3) is 0.500. The fourth-order valence-corrected chi connectivity index (χ4v) is 5.78. The molecule has 0 aliphatic rings. The molecule has 0 bridgehead atoms. The number of benzene rings is 2. The molecule has 0 spiro atoms. The Morgan fingerprint density at radius 3 is 1.85 bits per heavy atom. The van der Waals surface area contributed by atoms with Gasteiger partial charge in [0.1, 0.15) is 31.4 Å². The van der Waals surface area contributed by atoms with Gasteiger partial charge in [-0.3, -0.25) is 4.18 Å². The van der Waals surface area contributed by atoms with E-state index in [2.05, 4.69) is 6.92 Å². The molecule has 0 N–H and O–H groups in total. The van der Waals surface area contributed by atoms with Crippen LogP contribution in [-0.4, -0.2) is 28.0 Å². The smallest absolute Gasteiger partial charge is 0.744 e. The van der Waals surface area contributed by atoms with Gasteiger partial charge in [0, 0.05) is 0 Å². The standard InChI is InChI=1S/C24H34O7S2.Na/c1-2-3-4-5-6-7-8-9-10-14-20-30-33(28,29)23-19-15-18-22(24(23)32(25,26)27)31-21-16-12-11-13-17-21;/h11-13,15-19H,2-10,14,20H2,1H3,(H,25,26,27);/q;+1/p-1. The van der Waals surface area contributed by atoms with Gasteiger partial charge in [0.25, 0.3) is 10.1 Å². The van der Waals surface area contributed by atoms with Crippen molar-refractivity contribution in [2.24, 2.45) is 0 Å². The third-order valence-electron chi connectivity index (χ3n) is 5.17. The second-order valence-electron chi connectivity index (χ2n) is 7.91. The third kappa shape index (κ3) is 10.8. The second kappa shape index (κ2) is 15.9. The maximum atomic E-state index is 12.7. The average molecular weight is 521 g/mol. The normalized spacial score (nSPS) is 11.7. The van der Waals surface area contributed by atoms with Gasteiger partial charge in [0.15, 0.2) is 0 Å². The quantitative estimate of drug-likeness (QED) is 0.145. The molecule has 0 aromatic heterocycles. The molecule has 0 saturated heterocycles. The summed E-state index contributed by atoms with van der Waals surface area (Å²) in [4.78, 5) is -1.66. The molecule has 0 aliphatic carbocycles. The van der Waals surface area contributed by atoms with Crippen molar-refractivity contribution in [3.63, 3.8) is 0 Å². The van der Waals surface area contributed by atoms with Crippen LogP contribution in [0.2, 0.25) is 0 Å². The maximum Gasteiger partial charge on any atom is 1.00 e. The molecule has 2 rings (SSSR count). The Balaban J connectivity index is 0.00000578. The summed E-state index contributed by atoms with van der Waals surface area (Å²) >= 11 is 0. The van der Waals surface area contributed by atoms with Gasteiger partial charge in [0.05, 0.1) is 6.61 Å². The van der Waals surface area contributed by atoms with Gasteiger partial charge < -0.3 is 9.29 Å². The Morgan fingerprint density at radius 2 is 1.29 bits per heavy atom. The van der Waals surface area contributed by atoms with Gasteiger partial charge in [0.2, 0.25) is 0 Å². The van der Waals surface area contributed by atoms with Crippen molar-refractivity contribution in [2.45, 2.75) is 80.9 Å². The summed E-state index contributed by atoms with van der Waals surface area (Å²) in [5.74, 6) is -0.0944. The predicted octanol–water partition coefficient (Wildman–Crippen LogP) is 3.01. The fourth-order valence-electron chi connectivity index (χ4n) is 3.46. The first-order chi connectivity index (χ1) is 15.8. The Bertz CT molecular complexity index is 1060. The molecule has 2 aromatic rings. The predicted molar refractivity (Wildman–Crippen MR) is 126 cm³/mol. The summed E-state index contributed by atoms with van der Waals surface area (Å²) in [5, 5.41) is 0. The van der Waals surface area contributed by atoms with Crippen molar-refractivity contribution in [1.82, 2.24) is 0 Å². The zero-order valence-corrected chi connectivity index (χ0v) is 23.7. The van der Waals surface area contributed by atoms with Crippen molar-refractivity contribution in [3.8, 4) is 11.5 Å². The first kappa shape index (κ1) is 31.1. The van der Waals surface area contributed by atoms with Crippen molar-refractivity contribution >= 4 is 20.2 Å². The Morgan fingerprint density at radius 1 is 0.735 bits per heavy atom. The monoisotopic (exact) mass is 520 g/mol. The van der Waals surface area contributed by atoms with Gasteiger partial charge in [-0.1, -0.05) is 89.0 Å². The summed E-state index contributed by atoms with van der Waals surface area (Å²) in [5.41, 5.74) is 0. The van der Waals surface area contributed by atoms with E-state index in [0.717, 1.165) is 25.3 Å². The van der Waals surface area contributed by atoms with Crippen LogP contribution in [0.25, 0.3) is 0 Å². The molecule has 0 fully saturated rings. The van der Waals surface area contributed by atoms with E-state index in [9.17, 15) is 21.4 Å². The molecule has 0 saturated carbocycles. The van der Waals surface area contributed by atoms with Gasteiger partial charge in [-0.2, -0.15) is 8.42 Å². The summed E-state index contributed by atoms with van der Waals surface area (Å²) in [6.07, 6.45) is 10.9. The van der Waals surface area contributed by atoms with Crippen molar-refractivity contribution in [3.05, 3.63) is 48.5 Å². The number of hydrogen-bond donors (Lipinski definition) is 0. The first-order valence-electron chi connectivity index (χ1n) is 11.5. The zero-order chi connectivity index (χ0) is 24.2. The summed E-state index contributed by atoms with van der Waals surface area (Å²) in [6, 6.07) is 11.8. The molecule has 184 valence electrons. The first-order valence-corrected chi connectivity index (χ1v) is 14.3. The molecule has 0 amide bonds. The van der Waals surface area contributed by atoms with Gasteiger partial charge in [-0.25, -0.2) is 8.42 Å². The van der Waals surface area contributed by atoms with Crippen LogP contribution in [-0.2, 0) is 24.4 Å². The van der Waals surface area contributed by atoms with Crippen LogP contribution in [0.3, 0.4) is 0 Å². The van der Waals surface area contributed by atoms with Gasteiger partial charge in [-0.05, 0) is 30.7 Å². The number of unbranched alkanes of at least 4 members (excludes halogenated alkanes) is 9. The summed E-state index contributed by atoms with van der Waals surface area (Å²) in [6.45, 7) is 2.11. The minimum atomic E-state index is -5.16. The van der Waals surface area contributed by atoms with E-state index < -0.39 is 30.0 Å². The number of ether oxygens (including phenoxy) is 1. The molecule has 7 nitrogen and oxygen atoms in total. The molecule has 0 unspecified atom stereocenters. The molecule has 2 aromatic carbocycles. The van der Waals surface area contributed by atoms with E-state index in [4.69, 9.17) is 8.92 Å². The summed E-state index contributed by atoms with van der Waals surface area (Å²) < 4.78 is 71.6. The van der Waals surface area contributed by atoms with E-state index in [1.807, 2.05) is 0 Å². The van der Waals surface area contributed by atoms with Crippen LogP contribution in [0.4, 0.5) is 0 Å². The van der Waals surface area contributed by atoms with Crippen LogP contribution < -0.4 is 34.3 Å². The molecule has 0 radical (unpaired) electrons. The van der Waals surface area contributed by atoms with Crippen LogP contribution in [0, 0.1) is 0 Å². The van der Waals surface area contributed by atoms with Gasteiger partial charge >= 0.3 is 29.6 Å². The van der Waals surface area contributed by atoms with Crippen LogP contribution in [0.15, 0.2) is 58.3 Å². The maximum absolute atomic E-state index is 12.7. The minimum absolute atomic E-state index is 0. The van der Waals surface area contributed by atoms with E-state index in [0.29, 0.717) is 6.42 Å². The zero-order valence-electron chi connectivity index (χ0n) is 20.1. The molecular weight excluding hydrogens is 487 g/mol. The molecular formula is C24H33NaO7S2. The van der Waals surface area contributed by atoms with Gasteiger partial charge in [-0.15, -0.1) is 0 Å². The molecule has 10 heteroatoms. The number of rotatable bonds is 16. The van der Waals surface area contributed by atoms with E-state index in [1.54, 1.807) is 30.3 Å². The second-order valence-corrected chi connectivity index (χ2v) is 10.8. The molecule has 0 aliphatic heterocycles. The SMILES string of the molecule is CCCCCCCCCCCCOS(=O)(=O)c1cccc(Oc2ccccc2)c1S(=O)(=O)[O-].[Na+].